The molecule has 0 radical (unpaired) electrons. The lowest BCUT2D eigenvalue weighted by atomic mass is 10.1. The van der Waals surface area contributed by atoms with Crippen molar-refractivity contribution in [2.24, 2.45) is 5.73 Å². The Bertz CT molecular complexity index is 570. The molecule has 0 atom stereocenters. The number of rotatable bonds is 3. The van der Waals surface area contributed by atoms with Crippen LogP contribution in [0.1, 0.15) is 35.9 Å². The number of aromatic nitrogens is 1. The standard InChI is InChI=1S/C13H16N2O2/c1-8(2)15-11(7-14)5-9-3-4-10(13(16)17)6-12(9)15/h3-6,8H,7,14H2,1-2H3,(H,16,17). The maximum absolute atomic E-state index is 11.0. The van der Waals surface area contributed by atoms with Crippen LogP contribution in [0.3, 0.4) is 0 Å². The summed E-state index contributed by atoms with van der Waals surface area (Å²) in [6, 6.07) is 7.43. The van der Waals surface area contributed by atoms with Crippen LogP contribution in [0, 0.1) is 0 Å². The molecule has 1 aromatic carbocycles. The van der Waals surface area contributed by atoms with Crippen molar-refractivity contribution in [2.45, 2.75) is 26.4 Å². The van der Waals surface area contributed by atoms with E-state index in [1.165, 1.54) is 0 Å². The second-order valence-electron chi connectivity index (χ2n) is 4.38. The fourth-order valence-corrected chi connectivity index (χ4v) is 2.18. The summed E-state index contributed by atoms with van der Waals surface area (Å²) >= 11 is 0. The topological polar surface area (TPSA) is 68.2 Å². The quantitative estimate of drug-likeness (QED) is 0.853. The molecule has 1 heterocycles. The molecule has 4 heteroatoms. The normalized spacial score (nSPS) is 11.3. The van der Waals surface area contributed by atoms with Gasteiger partial charge in [0, 0.05) is 23.8 Å². The molecule has 17 heavy (non-hydrogen) atoms. The van der Waals surface area contributed by atoms with Gasteiger partial charge >= 0.3 is 5.97 Å². The summed E-state index contributed by atoms with van der Waals surface area (Å²) in [5, 5.41) is 10.0. The van der Waals surface area contributed by atoms with Crippen LogP contribution in [0.15, 0.2) is 24.3 Å². The summed E-state index contributed by atoms with van der Waals surface area (Å²) in [6.07, 6.45) is 0. The molecule has 4 nitrogen and oxygen atoms in total. The minimum Gasteiger partial charge on any atom is -0.478 e. The van der Waals surface area contributed by atoms with E-state index >= 15 is 0 Å². The highest BCUT2D eigenvalue weighted by atomic mass is 16.4. The predicted molar refractivity (Wildman–Crippen MR) is 67.2 cm³/mol. The number of carbonyl (C=O) groups is 1. The highest BCUT2D eigenvalue weighted by Gasteiger charge is 2.12. The molecule has 0 aliphatic heterocycles. The SMILES string of the molecule is CC(C)n1c(CN)cc2ccc(C(=O)O)cc21. The first-order valence-corrected chi connectivity index (χ1v) is 5.62. The number of fused-ring (bicyclic) bond motifs is 1. The molecule has 2 rings (SSSR count). The first kappa shape index (κ1) is 11.7. The molecule has 0 unspecified atom stereocenters. The van der Waals surface area contributed by atoms with Crippen molar-refractivity contribution in [3.05, 3.63) is 35.5 Å². The van der Waals surface area contributed by atoms with Gasteiger partial charge in [-0.3, -0.25) is 0 Å². The zero-order valence-electron chi connectivity index (χ0n) is 9.97. The molecule has 1 aromatic heterocycles. The summed E-state index contributed by atoms with van der Waals surface area (Å²) < 4.78 is 2.09. The van der Waals surface area contributed by atoms with E-state index in [1.807, 2.05) is 12.1 Å². The third-order valence-electron chi connectivity index (χ3n) is 2.89. The molecular weight excluding hydrogens is 216 g/mol. The maximum atomic E-state index is 11.0. The zero-order valence-corrected chi connectivity index (χ0v) is 9.97. The molecule has 90 valence electrons. The molecule has 0 aliphatic carbocycles. The molecule has 0 bridgehead atoms. The van der Waals surface area contributed by atoms with E-state index in [4.69, 9.17) is 10.8 Å². The Morgan fingerprint density at radius 2 is 2.12 bits per heavy atom. The van der Waals surface area contributed by atoms with E-state index in [0.29, 0.717) is 12.1 Å². The van der Waals surface area contributed by atoms with E-state index in [-0.39, 0.29) is 6.04 Å². The fraction of sp³-hybridized carbons (Fsp3) is 0.308. The largest absolute Gasteiger partial charge is 0.478 e. The van der Waals surface area contributed by atoms with Crippen LogP contribution in [-0.2, 0) is 6.54 Å². The van der Waals surface area contributed by atoms with E-state index < -0.39 is 5.97 Å². The number of carboxylic acids is 1. The Balaban J connectivity index is 2.73. The van der Waals surface area contributed by atoms with Gasteiger partial charge in [-0.15, -0.1) is 0 Å². The van der Waals surface area contributed by atoms with Gasteiger partial charge in [-0.25, -0.2) is 4.79 Å². The summed E-state index contributed by atoms with van der Waals surface area (Å²) in [7, 11) is 0. The second kappa shape index (κ2) is 4.22. The lowest BCUT2D eigenvalue weighted by Crippen LogP contribution is -2.09. The van der Waals surface area contributed by atoms with Crippen molar-refractivity contribution in [1.82, 2.24) is 4.57 Å². The van der Waals surface area contributed by atoms with E-state index in [2.05, 4.69) is 18.4 Å². The summed E-state index contributed by atoms with van der Waals surface area (Å²) in [5.74, 6) is -0.905. The van der Waals surface area contributed by atoms with Gasteiger partial charge in [-0.1, -0.05) is 6.07 Å². The Morgan fingerprint density at radius 3 is 2.65 bits per heavy atom. The summed E-state index contributed by atoms with van der Waals surface area (Å²) in [6.45, 7) is 4.58. The molecule has 0 spiro atoms. The van der Waals surface area contributed by atoms with Crippen molar-refractivity contribution >= 4 is 16.9 Å². The van der Waals surface area contributed by atoms with E-state index in [0.717, 1.165) is 16.6 Å². The monoisotopic (exact) mass is 232 g/mol. The summed E-state index contributed by atoms with van der Waals surface area (Å²) in [4.78, 5) is 11.0. The van der Waals surface area contributed by atoms with Gasteiger partial charge in [-0.05, 0) is 37.4 Å². The number of nitrogens with zero attached hydrogens (tertiary/aromatic N) is 1. The number of hydrogen-bond acceptors (Lipinski definition) is 2. The Labute approximate surface area is 99.7 Å². The number of carboxylic acid groups (broad SMARTS) is 1. The highest BCUT2D eigenvalue weighted by molar-refractivity contribution is 5.93. The number of nitrogens with two attached hydrogens (primary N) is 1. The molecule has 0 amide bonds. The van der Waals surface area contributed by atoms with Crippen molar-refractivity contribution in [2.75, 3.05) is 0 Å². The van der Waals surface area contributed by atoms with Gasteiger partial charge in [0.1, 0.15) is 0 Å². The van der Waals surface area contributed by atoms with E-state index in [9.17, 15) is 4.79 Å². The Morgan fingerprint density at radius 1 is 1.41 bits per heavy atom. The molecular formula is C13H16N2O2. The van der Waals surface area contributed by atoms with Crippen LogP contribution < -0.4 is 5.73 Å². The number of hydrogen-bond donors (Lipinski definition) is 2. The van der Waals surface area contributed by atoms with Gasteiger partial charge in [-0.2, -0.15) is 0 Å². The lowest BCUT2D eigenvalue weighted by Gasteiger charge is -2.13. The van der Waals surface area contributed by atoms with Crippen molar-refractivity contribution in [3.63, 3.8) is 0 Å². The van der Waals surface area contributed by atoms with Crippen LogP contribution in [0.5, 0.6) is 0 Å². The minimum atomic E-state index is -0.905. The maximum Gasteiger partial charge on any atom is 0.335 e. The molecule has 0 aliphatic rings. The number of benzene rings is 1. The molecule has 0 saturated carbocycles. The molecule has 0 saturated heterocycles. The van der Waals surface area contributed by atoms with Crippen LogP contribution >= 0.6 is 0 Å². The summed E-state index contributed by atoms with van der Waals surface area (Å²) in [5.41, 5.74) is 7.98. The lowest BCUT2D eigenvalue weighted by molar-refractivity contribution is 0.0697. The third-order valence-corrected chi connectivity index (χ3v) is 2.89. The van der Waals surface area contributed by atoms with Crippen LogP contribution in [0.2, 0.25) is 0 Å². The van der Waals surface area contributed by atoms with Crippen molar-refractivity contribution in [1.29, 1.82) is 0 Å². The average Bonchev–Trinajstić information content (AvgIpc) is 2.65. The smallest absolute Gasteiger partial charge is 0.335 e. The predicted octanol–water partition coefficient (Wildman–Crippen LogP) is 2.38. The van der Waals surface area contributed by atoms with Crippen LogP contribution in [-0.4, -0.2) is 15.6 Å². The Kier molecular flexibility index (Phi) is 2.90. The molecule has 2 aromatic rings. The van der Waals surface area contributed by atoms with Crippen molar-refractivity contribution in [3.8, 4) is 0 Å². The minimum absolute atomic E-state index is 0.259. The van der Waals surface area contributed by atoms with Crippen LogP contribution in [0.4, 0.5) is 0 Å². The fourth-order valence-electron chi connectivity index (χ4n) is 2.18. The average molecular weight is 232 g/mol. The highest BCUT2D eigenvalue weighted by Crippen LogP contribution is 2.25. The zero-order chi connectivity index (χ0) is 12.6. The van der Waals surface area contributed by atoms with Gasteiger partial charge in [0.2, 0.25) is 0 Å². The Hall–Kier alpha value is -1.81. The van der Waals surface area contributed by atoms with Gasteiger partial charge in [0.05, 0.1) is 5.56 Å². The number of aromatic carboxylic acids is 1. The first-order chi connectivity index (χ1) is 8.04. The third kappa shape index (κ3) is 1.91. The molecule has 0 fully saturated rings. The van der Waals surface area contributed by atoms with Gasteiger partial charge < -0.3 is 15.4 Å². The molecule has 3 N–H and O–H groups in total. The van der Waals surface area contributed by atoms with Gasteiger partial charge in [0.25, 0.3) is 0 Å². The van der Waals surface area contributed by atoms with E-state index in [1.54, 1.807) is 12.1 Å². The van der Waals surface area contributed by atoms with Crippen LogP contribution in [0.25, 0.3) is 10.9 Å². The second-order valence-corrected chi connectivity index (χ2v) is 4.38. The van der Waals surface area contributed by atoms with Crippen molar-refractivity contribution < 1.29 is 9.90 Å². The first-order valence-electron chi connectivity index (χ1n) is 5.62. The van der Waals surface area contributed by atoms with Gasteiger partial charge in [0.15, 0.2) is 0 Å².